The van der Waals surface area contributed by atoms with Crippen LogP contribution in [-0.4, -0.2) is 38.9 Å². The molecule has 6 heteroatoms. The van der Waals surface area contributed by atoms with Crippen molar-refractivity contribution in [3.63, 3.8) is 0 Å². The van der Waals surface area contributed by atoms with E-state index in [1.807, 2.05) is 19.1 Å². The van der Waals surface area contributed by atoms with Gasteiger partial charge in [-0.15, -0.1) is 0 Å². The molecule has 2 aromatic carbocycles. The molecule has 3 rings (SSSR count). The summed E-state index contributed by atoms with van der Waals surface area (Å²) in [4.78, 5) is 14.7. The molecule has 0 unspecified atom stereocenters. The molecule has 0 saturated carbocycles. The molecule has 1 fully saturated rings. The van der Waals surface area contributed by atoms with E-state index in [0.717, 1.165) is 24.8 Å². The molecule has 2 aromatic rings. The Morgan fingerprint density at radius 3 is 2.35 bits per heavy atom. The van der Waals surface area contributed by atoms with Crippen molar-refractivity contribution in [3.05, 3.63) is 60.2 Å². The van der Waals surface area contributed by atoms with Crippen molar-refractivity contribution < 1.29 is 13.2 Å². The Kier molecular flexibility index (Phi) is 5.61. The minimum absolute atomic E-state index is 0.147. The van der Waals surface area contributed by atoms with Gasteiger partial charge in [-0.05, 0) is 56.0 Å². The summed E-state index contributed by atoms with van der Waals surface area (Å²) in [6.45, 7) is 3.13. The summed E-state index contributed by atoms with van der Waals surface area (Å²) in [6.07, 6.45) is 3.07. The van der Waals surface area contributed by atoms with Crippen molar-refractivity contribution in [1.82, 2.24) is 4.90 Å². The summed E-state index contributed by atoms with van der Waals surface area (Å²) in [5, 5.41) is 0. The molecular weight excluding hydrogens is 348 g/mol. The third-order valence-corrected chi connectivity index (χ3v) is 6.40. The van der Waals surface area contributed by atoms with Gasteiger partial charge in [-0.3, -0.25) is 9.10 Å². The third-order valence-electron chi connectivity index (χ3n) is 4.61. The molecule has 0 atom stereocenters. The fourth-order valence-electron chi connectivity index (χ4n) is 3.18. The van der Waals surface area contributed by atoms with Crippen molar-refractivity contribution >= 4 is 21.6 Å². The van der Waals surface area contributed by atoms with Gasteiger partial charge >= 0.3 is 0 Å². The lowest BCUT2D eigenvalue weighted by Gasteiger charge is -2.30. The highest BCUT2D eigenvalue weighted by Gasteiger charge is 2.29. The van der Waals surface area contributed by atoms with E-state index in [4.69, 9.17) is 0 Å². The highest BCUT2D eigenvalue weighted by molar-refractivity contribution is 7.92. The predicted octanol–water partition coefficient (Wildman–Crippen LogP) is 3.20. The van der Waals surface area contributed by atoms with Crippen LogP contribution >= 0.6 is 0 Å². The molecule has 1 aliphatic rings. The van der Waals surface area contributed by atoms with Gasteiger partial charge in [0, 0.05) is 13.1 Å². The number of hydrogen-bond acceptors (Lipinski definition) is 3. The average molecular weight is 372 g/mol. The van der Waals surface area contributed by atoms with E-state index in [9.17, 15) is 13.2 Å². The maximum Gasteiger partial charge on any atom is 0.264 e. The molecule has 0 radical (unpaired) electrons. The second kappa shape index (κ2) is 7.91. The second-order valence-electron chi connectivity index (χ2n) is 6.61. The zero-order valence-corrected chi connectivity index (χ0v) is 15.8. The summed E-state index contributed by atoms with van der Waals surface area (Å²) >= 11 is 0. The molecule has 0 aromatic heterocycles. The number of sulfonamides is 1. The zero-order valence-electron chi connectivity index (χ0n) is 15.0. The summed E-state index contributed by atoms with van der Waals surface area (Å²) in [6, 6.07) is 15.5. The van der Waals surface area contributed by atoms with Gasteiger partial charge in [-0.2, -0.15) is 0 Å². The minimum atomic E-state index is -3.82. The first-order valence-electron chi connectivity index (χ1n) is 8.91. The van der Waals surface area contributed by atoms with Crippen molar-refractivity contribution in [2.24, 2.45) is 0 Å². The van der Waals surface area contributed by atoms with Gasteiger partial charge < -0.3 is 4.90 Å². The van der Waals surface area contributed by atoms with E-state index in [0.29, 0.717) is 18.8 Å². The Labute approximate surface area is 155 Å². The summed E-state index contributed by atoms with van der Waals surface area (Å²) in [7, 11) is -3.82. The number of hydrogen-bond donors (Lipinski definition) is 0. The lowest BCUT2D eigenvalue weighted by atomic mass is 10.1. The van der Waals surface area contributed by atoms with Crippen LogP contribution in [0.25, 0.3) is 0 Å². The van der Waals surface area contributed by atoms with E-state index in [2.05, 4.69) is 0 Å². The summed E-state index contributed by atoms with van der Waals surface area (Å²) in [5.41, 5.74) is 1.46. The van der Waals surface area contributed by atoms with Gasteiger partial charge in [0.2, 0.25) is 5.91 Å². The van der Waals surface area contributed by atoms with Crippen LogP contribution in [0.15, 0.2) is 59.5 Å². The van der Waals surface area contributed by atoms with E-state index in [1.54, 1.807) is 47.4 Å². The van der Waals surface area contributed by atoms with Crippen LogP contribution in [0.3, 0.4) is 0 Å². The van der Waals surface area contributed by atoms with Crippen LogP contribution in [0.5, 0.6) is 0 Å². The molecule has 0 aliphatic carbocycles. The number of anilines is 1. The van der Waals surface area contributed by atoms with Crippen molar-refractivity contribution in [2.45, 2.75) is 31.1 Å². The quantitative estimate of drug-likeness (QED) is 0.810. The van der Waals surface area contributed by atoms with Crippen LogP contribution in [-0.2, 0) is 14.8 Å². The number of aryl methyl sites for hydroxylation is 1. The Morgan fingerprint density at radius 2 is 1.69 bits per heavy atom. The number of benzene rings is 2. The maximum absolute atomic E-state index is 13.2. The summed E-state index contributed by atoms with van der Waals surface area (Å²) < 4.78 is 27.7. The first kappa shape index (κ1) is 18.5. The molecule has 26 heavy (non-hydrogen) atoms. The van der Waals surface area contributed by atoms with Crippen LogP contribution in [0.4, 0.5) is 5.69 Å². The number of piperidine rings is 1. The Hall–Kier alpha value is -2.34. The number of amides is 1. The lowest BCUT2D eigenvalue weighted by molar-refractivity contribution is -0.130. The molecule has 0 spiro atoms. The molecule has 5 nitrogen and oxygen atoms in total. The van der Waals surface area contributed by atoms with Gasteiger partial charge in [0.15, 0.2) is 0 Å². The topological polar surface area (TPSA) is 57.7 Å². The fraction of sp³-hybridized carbons (Fsp3) is 0.350. The van der Waals surface area contributed by atoms with E-state index >= 15 is 0 Å². The number of carbonyl (C=O) groups is 1. The normalized spacial score (nSPS) is 14.9. The molecule has 138 valence electrons. The first-order chi connectivity index (χ1) is 12.5. The van der Waals surface area contributed by atoms with Crippen molar-refractivity contribution in [3.8, 4) is 0 Å². The second-order valence-corrected chi connectivity index (χ2v) is 8.47. The fourth-order valence-corrected chi connectivity index (χ4v) is 4.61. The summed E-state index contributed by atoms with van der Waals surface area (Å²) in [5.74, 6) is -0.147. The molecule has 1 amide bonds. The molecule has 0 N–H and O–H groups in total. The van der Waals surface area contributed by atoms with Gasteiger partial charge in [0.1, 0.15) is 6.54 Å². The van der Waals surface area contributed by atoms with Gasteiger partial charge in [0.05, 0.1) is 10.6 Å². The van der Waals surface area contributed by atoms with Crippen molar-refractivity contribution in [2.75, 3.05) is 23.9 Å². The highest BCUT2D eigenvalue weighted by atomic mass is 32.2. The van der Waals surface area contributed by atoms with Gasteiger partial charge in [-0.1, -0.05) is 30.3 Å². The van der Waals surface area contributed by atoms with E-state index < -0.39 is 10.0 Å². The van der Waals surface area contributed by atoms with E-state index in [-0.39, 0.29) is 17.3 Å². The molecule has 1 heterocycles. The molecular formula is C20H24N2O3S. The standard InChI is InChI=1S/C20H24N2O3S/c1-17-9-8-10-18(15-17)22(16-20(23)21-13-6-3-7-14-21)26(24,25)19-11-4-2-5-12-19/h2,4-5,8-12,15H,3,6-7,13-14,16H2,1H3. The zero-order chi connectivity index (χ0) is 18.6. The minimum Gasteiger partial charge on any atom is -0.341 e. The van der Waals surface area contributed by atoms with Crippen LogP contribution in [0.1, 0.15) is 24.8 Å². The highest BCUT2D eigenvalue weighted by Crippen LogP contribution is 2.25. The SMILES string of the molecule is Cc1cccc(N(CC(=O)N2CCCCC2)S(=O)(=O)c2ccccc2)c1. The molecule has 1 saturated heterocycles. The van der Waals surface area contributed by atoms with Gasteiger partial charge in [-0.25, -0.2) is 8.42 Å². The smallest absolute Gasteiger partial charge is 0.264 e. The number of likely N-dealkylation sites (tertiary alicyclic amines) is 1. The van der Waals surface area contributed by atoms with Crippen LogP contribution in [0.2, 0.25) is 0 Å². The largest absolute Gasteiger partial charge is 0.341 e. The Bertz CT molecular complexity index is 860. The Balaban J connectivity index is 1.95. The number of rotatable bonds is 5. The maximum atomic E-state index is 13.2. The number of nitrogens with zero attached hydrogens (tertiary/aromatic N) is 2. The molecule has 0 bridgehead atoms. The van der Waals surface area contributed by atoms with E-state index in [1.165, 1.54) is 4.31 Å². The van der Waals surface area contributed by atoms with Gasteiger partial charge in [0.25, 0.3) is 10.0 Å². The monoisotopic (exact) mass is 372 g/mol. The Morgan fingerprint density at radius 1 is 1.00 bits per heavy atom. The number of carbonyl (C=O) groups excluding carboxylic acids is 1. The van der Waals surface area contributed by atoms with Crippen LogP contribution < -0.4 is 4.31 Å². The lowest BCUT2D eigenvalue weighted by Crippen LogP contribution is -2.44. The van der Waals surface area contributed by atoms with Crippen LogP contribution in [0, 0.1) is 6.92 Å². The molecule has 1 aliphatic heterocycles. The third kappa shape index (κ3) is 4.07. The van der Waals surface area contributed by atoms with Crippen molar-refractivity contribution in [1.29, 1.82) is 0 Å². The first-order valence-corrected chi connectivity index (χ1v) is 10.3. The predicted molar refractivity (Wildman–Crippen MR) is 103 cm³/mol. The average Bonchev–Trinajstić information content (AvgIpc) is 2.67.